The van der Waals surface area contributed by atoms with Gasteiger partial charge in [0.2, 0.25) is 6.29 Å². The molecule has 1 rings (SSSR count). The van der Waals surface area contributed by atoms with E-state index in [1.54, 1.807) is 19.9 Å². The Morgan fingerprint density at radius 1 is 1.00 bits per heavy atom. The number of carbonyl (C=O) groups excluding carboxylic acids is 1. The van der Waals surface area contributed by atoms with Crippen LogP contribution in [0, 0.1) is 5.92 Å². The van der Waals surface area contributed by atoms with Gasteiger partial charge in [-0.05, 0) is 51.5 Å². The minimum Gasteiger partial charge on any atom is -0.479 e. The van der Waals surface area contributed by atoms with Crippen LogP contribution in [-0.2, 0) is 19.1 Å². The van der Waals surface area contributed by atoms with Crippen LogP contribution in [-0.4, -0.2) is 85.5 Å². The molecule has 188 valence electrons. The van der Waals surface area contributed by atoms with Crippen molar-refractivity contribution in [3.05, 3.63) is 35.5 Å². The molecule has 0 saturated carbocycles. The van der Waals surface area contributed by atoms with Gasteiger partial charge in [0.05, 0.1) is 12.2 Å². The summed E-state index contributed by atoms with van der Waals surface area (Å²) < 4.78 is 9.74. The van der Waals surface area contributed by atoms with Crippen LogP contribution in [0.15, 0.2) is 35.5 Å². The number of hydrogen-bond donors (Lipinski definition) is 6. The molecule has 1 aliphatic rings. The van der Waals surface area contributed by atoms with E-state index < -0.39 is 48.7 Å². The van der Waals surface area contributed by atoms with E-state index in [0.29, 0.717) is 12.0 Å². The molecular weight excluding hydrogens is 436 g/mol. The van der Waals surface area contributed by atoms with Crippen molar-refractivity contribution >= 4 is 11.9 Å². The lowest BCUT2D eigenvalue weighted by Gasteiger charge is -2.37. The van der Waals surface area contributed by atoms with Gasteiger partial charge >= 0.3 is 11.9 Å². The van der Waals surface area contributed by atoms with E-state index in [4.69, 9.17) is 14.6 Å². The summed E-state index contributed by atoms with van der Waals surface area (Å²) in [7, 11) is 0. The zero-order chi connectivity index (χ0) is 25.3. The Labute approximate surface area is 193 Å². The molecule has 0 aliphatic carbocycles. The first-order chi connectivity index (χ1) is 15.3. The van der Waals surface area contributed by atoms with E-state index in [0.717, 1.165) is 24.5 Å². The highest BCUT2D eigenvalue weighted by Crippen LogP contribution is 2.22. The summed E-state index contributed by atoms with van der Waals surface area (Å²) in [6, 6.07) is 0. The van der Waals surface area contributed by atoms with Crippen molar-refractivity contribution in [2.24, 2.45) is 5.92 Å². The minimum absolute atomic E-state index is 0.168. The van der Waals surface area contributed by atoms with Gasteiger partial charge in [-0.3, -0.25) is 0 Å². The van der Waals surface area contributed by atoms with Gasteiger partial charge in [-0.1, -0.05) is 30.7 Å². The number of carbonyl (C=O) groups is 2. The zero-order valence-electron chi connectivity index (χ0n) is 19.4. The third-order valence-electron chi connectivity index (χ3n) is 5.63. The third-order valence-corrected chi connectivity index (χ3v) is 5.63. The smallest absolute Gasteiger partial charge is 0.335 e. The number of rotatable bonds is 11. The SMILES string of the molecule is CC(/C=C/C(=O)O[C@H]1O[C@@H](C(=O)O)[C@@H](O)[C@@H](O)[C@H]1O)=C\C[C@H](O)/C(C)=C/CC[C@H](C)[C@@H](C)O. The number of esters is 1. The normalized spacial score (nSPS) is 29.5. The molecule has 0 aromatic rings. The van der Waals surface area contributed by atoms with Crippen molar-refractivity contribution in [1.29, 1.82) is 0 Å². The van der Waals surface area contributed by atoms with Crippen LogP contribution in [0.2, 0.25) is 0 Å². The Balaban J connectivity index is 2.58. The molecule has 6 N–H and O–H groups in total. The van der Waals surface area contributed by atoms with Crippen molar-refractivity contribution in [1.82, 2.24) is 0 Å². The Bertz CT molecular complexity index is 742. The summed E-state index contributed by atoms with van der Waals surface area (Å²) >= 11 is 0. The van der Waals surface area contributed by atoms with E-state index >= 15 is 0 Å². The molecule has 33 heavy (non-hydrogen) atoms. The lowest BCUT2D eigenvalue weighted by molar-refractivity contribution is -0.284. The van der Waals surface area contributed by atoms with Gasteiger partial charge in [-0.2, -0.15) is 0 Å². The number of aliphatic carboxylic acids is 1. The highest BCUT2D eigenvalue weighted by molar-refractivity contribution is 5.82. The van der Waals surface area contributed by atoms with Crippen LogP contribution >= 0.6 is 0 Å². The van der Waals surface area contributed by atoms with E-state index in [9.17, 15) is 35.1 Å². The Hall–Kier alpha value is -2.08. The highest BCUT2D eigenvalue weighted by Gasteiger charge is 2.48. The van der Waals surface area contributed by atoms with Crippen molar-refractivity contribution in [2.75, 3.05) is 0 Å². The Kier molecular flexibility index (Phi) is 11.9. The van der Waals surface area contributed by atoms with E-state index in [1.807, 2.05) is 19.9 Å². The molecule has 10 nitrogen and oxygen atoms in total. The third kappa shape index (κ3) is 9.36. The standard InChI is InChI=1S/C23H36O10/c1-12(8-10-16(25)14(3)7-5-6-13(2)15(4)24)9-11-17(26)32-23-20(29)18(27)19(28)21(33-23)22(30)31/h7-9,11,13,15-16,18-21,23-25,27-29H,5-6,10H2,1-4H3,(H,30,31)/b11-9+,12-8+,14-7+/t13-,15+,16-,18+,19-,20+,21+,23-/m0/s1. The van der Waals surface area contributed by atoms with E-state index in [-0.39, 0.29) is 12.0 Å². The number of carboxylic acids is 1. The summed E-state index contributed by atoms with van der Waals surface area (Å²) in [6.45, 7) is 7.23. The maximum atomic E-state index is 12.0. The number of hydrogen-bond acceptors (Lipinski definition) is 9. The molecular formula is C23H36O10. The lowest BCUT2D eigenvalue weighted by atomic mass is 9.98. The molecule has 10 heteroatoms. The number of aliphatic hydroxyl groups is 5. The average Bonchev–Trinajstić information content (AvgIpc) is 2.75. The maximum Gasteiger partial charge on any atom is 0.335 e. The molecule has 1 saturated heterocycles. The number of ether oxygens (including phenoxy) is 2. The van der Waals surface area contributed by atoms with E-state index in [2.05, 4.69) is 0 Å². The van der Waals surface area contributed by atoms with Gasteiger partial charge in [-0.15, -0.1) is 0 Å². The fraction of sp³-hybridized carbons (Fsp3) is 0.652. The van der Waals surface area contributed by atoms with Crippen molar-refractivity contribution in [3.8, 4) is 0 Å². The number of aliphatic hydroxyl groups excluding tert-OH is 5. The van der Waals surface area contributed by atoms with E-state index in [1.165, 1.54) is 6.08 Å². The first-order valence-electron chi connectivity index (χ1n) is 10.9. The van der Waals surface area contributed by atoms with Crippen LogP contribution in [0.25, 0.3) is 0 Å². The first kappa shape index (κ1) is 29.0. The van der Waals surface area contributed by atoms with Gasteiger partial charge in [0.1, 0.15) is 18.3 Å². The average molecular weight is 473 g/mol. The molecule has 0 amide bonds. The number of allylic oxidation sites excluding steroid dienone is 3. The molecule has 0 spiro atoms. The van der Waals surface area contributed by atoms with Crippen molar-refractivity contribution in [3.63, 3.8) is 0 Å². The summed E-state index contributed by atoms with van der Waals surface area (Å²) in [6.07, 6.45) is -2.31. The second-order valence-corrected chi connectivity index (χ2v) is 8.45. The van der Waals surface area contributed by atoms with Gasteiger partial charge in [0, 0.05) is 6.08 Å². The fourth-order valence-electron chi connectivity index (χ4n) is 3.01. The molecule has 0 unspecified atom stereocenters. The molecule has 0 aromatic heterocycles. The van der Waals surface area contributed by atoms with Gasteiger partial charge in [-0.25, -0.2) is 9.59 Å². The van der Waals surface area contributed by atoms with Crippen LogP contribution in [0.3, 0.4) is 0 Å². The summed E-state index contributed by atoms with van der Waals surface area (Å²) in [5.74, 6) is -2.37. The second-order valence-electron chi connectivity index (χ2n) is 8.45. The second kappa shape index (κ2) is 13.6. The van der Waals surface area contributed by atoms with Crippen molar-refractivity contribution in [2.45, 2.75) is 89.9 Å². The van der Waals surface area contributed by atoms with Gasteiger partial charge in [0.25, 0.3) is 0 Å². The summed E-state index contributed by atoms with van der Waals surface area (Å²) in [5.41, 5.74) is 1.45. The predicted octanol–water partition coefficient (Wildman–Crippen LogP) is 0.419. The topological polar surface area (TPSA) is 174 Å². The van der Waals surface area contributed by atoms with Crippen molar-refractivity contribution < 1.29 is 49.7 Å². The van der Waals surface area contributed by atoms with Crippen LogP contribution in [0.1, 0.15) is 47.0 Å². The lowest BCUT2D eigenvalue weighted by Crippen LogP contribution is -2.60. The van der Waals surface area contributed by atoms with Gasteiger partial charge < -0.3 is 40.1 Å². The highest BCUT2D eigenvalue weighted by atomic mass is 16.7. The molecule has 1 aliphatic heterocycles. The monoisotopic (exact) mass is 472 g/mol. The zero-order valence-corrected chi connectivity index (χ0v) is 19.4. The summed E-state index contributed by atoms with van der Waals surface area (Å²) in [4.78, 5) is 23.1. The van der Waals surface area contributed by atoms with Crippen LogP contribution in [0.5, 0.6) is 0 Å². The largest absolute Gasteiger partial charge is 0.479 e. The molecule has 8 atom stereocenters. The predicted molar refractivity (Wildman–Crippen MR) is 118 cm³/mol. The van der Waals surface area contributed by atoms with Crippen LogP contribution < -0.4 is 0 Å². The Morgan fingerprint density at radius 2 is 1.64 bits per heavy atom. The molecule has 1 fully saturated rings. The van der Waals surface area contributed by atoms with Crippen LogP contribution in [0.4, 0.5) is 0 Å². The van der Waals surface area contributed by atoms with Gasteiger partial charge in [0.15, 0.2) is 6.10 Å². The minimum atomic E-state index is -1.88. The molecule has 1 heterocycles. The molecule has 0 aromatic carbocycles. The molecule has 0 bridgehead atoms. The Morgan fingerprint density at radius 3 is 2.21 bits per heavy atom. The fourth-order valence-corrected chi connectivity index (χ4v) is 3.01. The summed E-state index contributed by atoms with van der Waals surface area (Å²) in [5, 5.41) is 58.0. The quantitative estimate of drug-likeness (QED) is 0.107. The number of carboxylic acid groups (broad SMARTS) is 1. The first-order valence-corrected chi connectivity index (χ1v) is 10.9. The molecule has 0 radical (unpaired) electrons. The maximum absolute atomic E-state index is 12.0.